The fourth-order valence-electron chi connectivity index (χ4n) is 1.97. The summed E-state index contributed by atoms with van der Waals surface area (Å²) < 4.78 is 1.64. The number of hydrogen-bond acceptors (Lipinski definition) is 4. The first kappa shape index (κ1) is 13.2. The lowest BCUT2D eigenvalue weighted by atomic mass is 10.1. The Kier molecular flexibility index (Phi) is 4.26. The lowest BCUT2D eigenvalue weighted by Crippen LogP contribution is -2.28. The van der Waals surface area contributed by atoms with Crippen molar-refractivity contribution in [1.29, 1.82) is 0 Å². The SMILES string of the molecule is C#CCC(C)NC(C)c1cccc(-n2cnnn2)c1. The fourth-order valence-corrected chi connectivity index (χ4v) is 1.97. The van der Waals surface area contributed by atoms with E-state index in [2.05, 4.69) is 52.7 Å². The number of nitrogens with zero attached hydrogens (tertiary/aromatic N) is 4. The van der Waals surface area contributed by atoms with E-state index in [1.165, 1.54) is 5.56 Å². The van der Waals surface area contributed by atoms with E-state index in [-0.39, 0.29) is 12.1 Å². The van der Waals surface area contributed by atoms with Crippen LogP contribution in [0, 0.1) is 12.3 Å². The van der Waals surface area contributed by atoms with Crippen LogP contribution < -0.4 is 5.32 Å². The number of rotatable bonds is 5. The van der Waals surface area contributed by atoms with Gasteiger partial charge in [-0.25, -0.2) is 4.68 Å². The number of benzene rings is 1. The molecular formula is C14H17N5. The van der Waals surface area contributed by atoms with Crippen LogP contribution in [-0.4, -0.2) is 26.2 Å². The van der Waals surface area contributed by atoms with Crippen LogP contribution in [0.3, 0.4) is 0 Å². The summed E-state index contributed by atoms with van der Waals surface area (Å²) >= 11 is 0. The third-order valence-corrected chi connectivity index (χ3v) is 2.94. The molecule has 98 valence electrons. The standard InChI is InChI=1S/C14H17N5/c1-4-6-11(2)16-12(3)13-7-5-8-14(9-13)19-10-15-17-18-19/h1,5,7-12,16H,6H2,2-3H3. The summed E-state index contributed by atoms with van der Waals surface area (Å²) in [6, 6.07) is 8.62. The van der Waals surface area contributed by atoms with E-state index in [1.807, 2.05) is 12.1 Å². The molecule has 0 amide bonds. The Morgan fingerprint density at radius 3 is 2.95 bits per heavy atom. The molecule has 2 aromatic rings. The minimum atomic E-state index is 0.222. The van der Waals surface area contributed by atoms with Crippen LogP contribution in [0.5, 0.6) is 0 Å². The summed E-state index contributed by atoms with van der Waals surface area (Å²) in [7, 11) is 0. The summed E-state index contributed by atoms with van der Waals surface area (Å²) in [5, 5.41) is 14.6. The average molecular weight is 255 g/mol. The van der Waals surface area contributed by atoms with E-state index < -0.39 is 0 Å². The molecule has 19 heavy (non-hydrogen) atoms. The molecule has 0 aliphatic carbocycles. The van der Waals surface area contributed by atoms with Crippen LogP contribution >= 0.6 is 0 Å². The molecule has 0 radical (unpaired) electrons. The third-order valence-electron chi connectivity index (χ3n) is 2.94. The summed E-state index contributed by atoms with van der Waals surface area (Å²) in [6.07, 6.45) is 7.62. The minimum Gasteiger partial charge on any atom is -0.307 e. The van der Waals surface area contributed by atoms with Crippen molar-refractivity contribution in [3.05, 3.63) is 36.2 Å². The van der Waals surface area contributed by atoms with Crippen LogP contribution in [-0.2, 0) is 0 Å². The summed E-state index contributed by atoms with van der Waals surface area (Å²) in [4.78, 5) is 0. The van der Waals surface area contributed by atoms with Gasteiger partial charge in [0.25, 0.3) is 0 Å². The molecule has 1 heterocycles. The Morgan fingerprint density at radius 1 is 1.42 bits per heavy atom. The Morgan fingerprint density at radius 2 is 2.26 bits per heavy atom. The monoisotopic (exact) mass is 255 g/mol. The summed E-state index contributed by atoms with van der Waals surface area (Å²) in [6.45, 7) is 4.20. The predicted molar refractivity (Wildman–Crippen MR) is 73.6 cm³/mol. The maximum atomic E-state index is 5.32. The summed E-state index contributed by atoms with van der Waals surface area (Å²) in [5.41, 5.74) is 2.12. The van der Waals surface area contributed by atoms with E-state index in [0.717, 1.165) is 12.1 Å². The Balaban J connectivity index is 2.13. The molecule has 5 nitrogen and oxygen atoms in total. The highest BCUT2D eigenvalue weighted by molar-refractivity contribution is 5.35. The van der Waals surface area contributed by atoms with Crippen molar-refractivity contribution in [3.8, 4) is 18.0 Å². The van der Waals surface area contributed by atoms with Crippen molar-refractivity contribution in [1.82, 2.24) is 25.5 Å². The van der Waals surface area contributed by atoms with Crippen LogP contribution in [0.25, 0.3) is 5.69 Å². The van der Waals surface area contributed by atoms with Crippen molar-refractivity contribution in [2.24, 2.45) is 0 Å². The number of tetrazole rings is 1. The molecule has 0 saturated heterocycles. The first-order chi connectivity index (χ1) is 9.20. The van der Waals surface area contributed by atoms with Crippen molar-refractivity contribution < 1.29 is 0 Å². The molecule has 5 heteroatoms. The largest absolute Gasteiger partial charge is 0.307 e. The molecular weight excluding hydrogens is 238 g/mol. The van der Waals surface area contributed by atoms with Crippen LogP contribution in [0.1, 0.15) is 31.9 Å². The molecule has 2 rings (SSSR count). The Bertz CT molecular complexity index is 555. The number of aromatic nitrogens is 4. The molecule has 0 bridgehead atoms. The van der Waals surface area contributed by atoms with Gasteiger partial charge in [-0.3, -0.25) is 0 Å². The van der Waals surface area contributed by atoms with E-state index in [1.54, 1.807) is 11.0 Å². The second kappa shape index (κ2) is 6.12. The quantitative estimate of drug-likeness (QED) is 0.827. The van der Waals surface area contributed by atoms with E-state index in [4.69, 9.17) is 6.42 Å². The first-order valence-corrected chi connectivity index (χ1v) is 6.23. The van der Waals surface area contributed by atoms with Crippen LogP contribution in [0.2, 0.25) is 0 Å². The van der Waals surface area contributed by atoms with Gasteiger partial charge in [0.2, 0.25) is 0 Å². The number of terminal acetylenes is 1. The number of hydrogen-bond donors (Lipinski definition) is 1. The minimum absolute atomic E-state index is 0.222. The molecule has 1 aromatic heterocycles. The van der Waals surface area contributed by atoms with Crippen molar-refractivity contribution in [2.75, 3.05) is 0 Å². The zero-order valence-corrected chi connectivity index (χ0v) is 11.1. The highest BCUT2D eigenvalue weighted by Crippen LogP contribution is 2.17. The van der Waals surface area contributed by atoms with Gasteiger partial charge >= 0.3 is 0 Å². The number of nitrogens with one attached hydrogen (secondary N) is 1. The lowest BCUT2D eigenvalue weighted by molar-refractivity contribution is 0.486. The van der Waals surface area contributed by atoms with Crippen molar-refractivity contribution >= 4 is 0 Å². The molecule has 0 aliphatic heterocycles. The first-order valence-electron chi connectivity index (χ1n) is 6.23. The van der Waals surface area contributed by atoms with E-state index in [9.17, 15) is 0 Å². The Hall–Kier alpha value is -2.19. The third kappa shape index (κ3) is 3.39. The highest BCUT2D eigenvalue weighted by Gasteiger charge is 2.09. The second-order valence-electron chi connectivity index (χ2n) is 4.55. The van der Waals surface area contributed by atoms with Crippen molar-refractivity contribution in [3.63, 3.8) is 0 Å². The zero-order chi connectivity index (χ0) is 13.7. The molecule has 0 aliphatic rings. The highest BCUT2D eigenvalue weighted by atomic mass is 15.5. The lowest BCUT2D eigenvalue weighted by Gasteiger charge is -2.19. The zero-order valence-electron chi connectivity index (χ0n) is 11.1. The smallest absolute Gasteiger partial charge is 0.143 e. The van der Waals surface area contributed by atoms with Gasteiger partial charge in [-0.1, -0.05) is 12.1 Å². The molecule has 2 unspecified atom stereocenters. The van der Waals surface area contributed by atoms with Crippen LogP contribution in [0.4, 0.5) is 0 Å². The predicted octanol–water partition coefficient (Wildman–Crippen LogP) is 1.72. The molecule has 0 saturated carbocycles. The topological polar surface area (TPSA) is 55.6 Å². The van der Waals surface area contributed by atoms with Crippen LogP contribution in [0.15, 0.2) is 30.6 Å². The van der Waals surface area contributed by atoms with Crippen molar-refractivity contribution in [2.45, 2.75) is 32.4 Å². The molecule has 1 N–H and O–H groups in total. The van der Waals surface area contributed by atoms with Gasteiger partial charge in [-0.05, 0) is 42.0 Å². The van der Waals surface area contributed by atoms with Gasteiger partial charge in [0.05, 0.1) is 5.69 Å². The Labute approximate surface area is 113 Å². The van der Waals surface area contributed by atoms with Gasteiger partial charge in [0.15, 0.2) is 0 Å². The van der Waals surface area contributed by atoms with Gasteiger partial charge in [-0.2, -0.15) is 0 Å². The second-order valence-corrected chi connectivity index (χ2v) is 4.55. The maximum Gasteiger partial charge on any atom is 0.143 e. The van der Waals surface area contributed by atoms with Gasteiger partial charge in [-0.15, -0.1) is 17.4 Å². The molecule has 1 aromatic carbocycles. The molecule has 0 spiro atoms. The van der Waals surface area contributed by atoms with E-state index in [0.29, 0.717) is 0 Å². The summed E-state index contributed by atoms with van der Waals surface area (Å²) in [5.74, 6) is 2.66. The van der Waals surface area contributed by atoms with E-state index >= 15 is 0 Å². The normalized spacial score (nSPS) is 13.7. The van der Waals surface area contributed by atoms with Gasteiger partial charge < -0.3 is 5.32 Å². The molecule has 0 fully saturated rings. The fraction of sp³-hybridized carbons (Fsp3) is 0.357. The average Bonchev–Trinajstić information content (AvgIpc) is 2.93. The molecule has 2 atom stereocenters. The van der Waals surface area contributed by atoms with Gasteiger partial charge in [0.1, 0.15) is 6.33 Å². The maximum absolute atomic E-state index is 5.32. The van der Waals surface area contributed by atoms with Gasteiger partial charge in [0, 0.05) is 18.5 Å².